The SMILES string of the molecule is Cc1cc(Cl)cc(C(=O)NN)c1NC(=O)c1ccc(I)n1-c1ncccc1Cl. The van der Waals surface area contributed by atoms with Crippen molar-refractivity contribution in [2.24, 2.45) is 5.84 Å². The third-order valence-electron chi connectivity index (χ3n) is 3.93. The van der Waals surface area contributed by atoms with Crippen molar-refractivity contribution in [3.05, 3.63) is 73.2 Å². The van der Waals surface area contributed by atoms with Crippen LogP contribution in [0.5, 0.6) is 0 Å². The van der Waals surface area contributed by atoms with Crippen molar-refractivity contribution in [2.45, 2.75) is 6.92 Å². The van der Waals surface area contributed by atoms with Crippen molar-refractivity contribution < 1.29 is 9.59 Å². The molecule has 0 fully saturated rings. The van der Waals surface area contributed by atoms with E-state index in [0.717, 1.165) is 3.70 Å². The number of nitrogen functional groups attached to an aromatic ring is 1. The van der Waals surface area contributed by atoms with Crippen LogP contribution in [0, 0.1) is 10.6 Å². The van der Waals surface area contributed by atoms with Gasteiger partial charge in [0.15, 0.2) is 5.82 Å². The van der Waals surface area contributed by atoms with E-state index in [-0.39, 0.29) is 5.56 Å². The maximum atomic E-state index is 13.0. The lowest BCUT2D eigenvalue weighted by Crippen LogP contribution is -2.31. The second-order valence-corrected chi connectivity index (χ2v) is 7.71. The smallest absolute Gasteiger partial charge is 0.272 e. The Morgan fingerprint density at radius 3 is 2.61 bits per heavy atom. The number of pyridine rings is 1. The molecule has 2 aromatic heterocycles. The van der Waals surface area contributed by atoms with Crippen molar-refractivity contribution in [1.82, 2.24) is 15.0 Å². The summed E-state index contributed by atoms with van der Waals surface area (Å²) in [6.07, 6.45) is 1.59. The number of halogens is 3. The summed E-state index contributed by atoms with van der Waals surface area (Å²) in [5.74, 6) is 4.66. The molecule has 10 heteroatoms. The van der Waals surface area contributed by atoms with Gasteiger partial charge in [-0.05, 0) is 71.5 Å². The third-order valence-corrected chi connectivity index (χ3v) is 5.29. The molecule has 2 amide bonds. The van der Waals surface area contributed by atoms with Gasteiger partial charge in [-0.3, -0.25) is 19.6 Å². The maximum Gasteiger partial charge on any atom is 0.272 e. The van der Waals surface area contributed by atoms with Crippen LogP contribution in [0.25, 0.3) is 5.82 Å². The van der Waals surface area contributed by atoms with Gasteiger partial charge in [0.1, 0.15) is 5.69 Å². The summed E-state index contributed by atoms with van der Waals surface area (Å²) >= 11 is 14.4. The van der Waals surface area contributed by atoms with Crippen LogP contribution >= 0.6 is 45.8 Å². The van der Waals surface area contributed by atoms with Gasteiger partial charge < -0.3 is 5.32 Å². The monoisotopic (exact) mass is 529 g/mol. The first kappa shape index (κ1) is 20.6. The molecule has 1 aromatic carbocycles. The highest BCUT2D eigenvalue weighted by atomic mass is 127. The number of rotatable bonds is 4. The topological polar surface area (TPSA) is 102 Å². The lowest BCUT2D eigenvalue weighted by atomic mass is 10.1. The number of aryl methyl sites for hydroxylation is 1. The summed E-state index contributed by atoms with van der Waals surface area (Å²) in [7, 11) is 0. The van der Waals surface area contributed by atoms with Crippen molar-refractivity contribution in [3.63, 3.8) is 0 Å². The second-order valence-electron chi connectivity index (χ2n) is 5.76. The average Bonchev–Trinajstić information content (AvgIpc) is 3.04. The molecule has 0 aliphatic rings. The Hall–Kier alpha value is -2.14. The largest absolute Gasteiger partial charge is 0.320 e. The second kappa shape index (κ2) is 8.48. The minimum absolute atomic E-state index is 0.157. The Morgan fingerprint density at radius 1 is 1.18 bits per heavy atom. The molecule has 0 aliphatic carbocycles. The molecule has 7 nitrogen and oxygen atoms in total. The molecule has 3 rings (SSSR count). The highest BCUT2D eigenvalue weighted by Gasteiger charge is 2.21. The predicted molar refractivity (Wildman–Crippen MR) is 117 cm³/mol. The Balaban J connectivity index is 2.05. The van der Waals surface area contributed by atoms with E-state index >= 15 is 0 Å². The average molecular weight is 530 g/mol. The number of amides is 2. The first-order chi connectivity index (χ1) is 13.3. The highest BCUT2D eigenvalue weighted by Crippen LogP contribution is 2.28. The summed E-state index contributed by atoms with van der Waals surface area (Å²) < 4.78 is 2.38. The fraction of sp³-hybridized carbons (Fsp3) is 0.0556. The number of aromatic nitrogens is 2. The maximum absolute atomic E-state index is 13.0. The van der Waals surface area contributed by atoms with Gasteiger partial charge in [-0.25, -0.2) is 10.8 Å². The molecule has 0 bridgehead atoms. The summed E-state index contributed by atoms with van der Waals surface area (Å²) in [4.78, 5) is 29.4. The number of hydrazine groups is 1. The number of nitrogens with two attached hydrogens (primary N) is 1. The van der Waals surface area contributed by atoms with Gasteiger partial charge in [-0.2, -0.15) is 0 Å². The zero-order valence-corrected chi connectivity index (χ0v) is 18.1. The molecule has 0 aliphatic heterocycles. The van der Waals surface area contributed by atoms with Gasteiger partial charge in [0.05, 0.1) is 20.0 Å². The lowest BCUT2D eigenvalue weighted by Gasteiger charge is -2.15. The van der Waals surface area contributed by atoms with Crippen molar-refractivity contribution in [2.75, 3.05) is 5.32 Å². The number of carbonyl (C=O) groups is 2. The van der Waals surface area contributed by atoms with Gasteiger partial charge in [-0.15, -0.1) is 0 Å². The van der Waals surface area contributed by atoms with E-state index in [1.54, 1.807) is 48.0 Å². The molecular formula is C18H14Cl2IN5O2. The number of anilines is 1. The van der Waals surface area contributed by atoms with Crippen LogP contribution in [-0.2, 0) is 0 Å². The van der Waals surface area contributed by atoms with Crippen LogP contribution in [-0.4, -0.2) is 21.4 Å². The lowest BCUT2D eigenvalue weighted by molar-refractivity contribution is 0.0954. The van der Waals surface area contributed by atoms with E-state index in [4.69, 9.17) is 29.0 Å². The summed E-state index contributed by atoms with van der Waals surface area (Å²) in [5, 5.41) is 3.53. The van der Waals surface area contributed by atoms with E-state index in [1.807, 2.05) is 0 Å². The summed E-state index contributed by atoms with van der Waals surface area (Å²) in [5.41, 5.74) is 3.44. The zero-order valence-electron chi connectivity index (χ0n) is 14.5. The fourth-order valence-corrected chi connectivity index (χ4v) is 3.84. The number of carbonyl (C=O) groups excluding carboxylic acids is 2. The van der Waals surface area contributed by atoms with Crippen LogP contribution in [0.2, 0.25) is 10.0 Å². The molecule has 4 N–H and O–H groups in total. The number of nitrogens with zero attached hydrogens (tertiary/aromatic N) is 2. The first-order valence-corrected chi connectivity index (χ1v) is 9.77. The quantitative estimate of drug-likeness (QED) is 0.206. The van der Waals surface area contributed by atoms with E-state index in [9.17, 15) is 9.59 Å². The van der Waals surface area contributed by atoms with Crippen LogP contribution < -0.4 is 16.6 Å². The van der Waals surface area contributed by atoms with E-state index in [2.05, 4.69) is 38.3 Å². The van der Waals surface area contributed by atoms with Crippen LogP contribution in [0.3, 0.4) is 0 Å². The molecule has 0 radical (unpaired) electrons. The van der Waals surface area contributed by atoms with Gasteiger partial charge in [0, 0.05) is 11.2 Å². The minimum Gasteiger partial charge on any atom is -0.320 e. The minimum atomic E-state index is -0.571. The van der Waals surface area contributed by atoms with Crippen molar-refractivity contribution >= 4 is 63.3 Å². The standard InChI is InChI=1S/C18H14Cl2IN5O2/c1-9-7-10(19)8-11(17(27)25-22)15(9)24-18(28)13-4-5-14(21)26(13)16-12(20)3-2-6-23-16/h2-8H,22H2,1H3,(H,24,28)(H,25,27). The number of hydrogen-bond acceptors (Lipinski definition) is 4. The van der Waals surface area contributed by atoms with E-state index < -0.39 is 11.8 Å². The van der Waals surface area contributed by atoms with Gasteiger partial charge >= 0.3 is 0 Å². The fourth-order valence-electron chi connectivity index (χ4n) is 2.69. The molecule has 0 saturated carbocycles. The number of nitrogens with one attached hydrogen (secondary N) is 2. The van der Waals surface area contributed by atoms with E-state index in [1.165, 1.54) is 6.07 Å². The van der Waals surface area contributed by atoms with Crippen LogP contribution in [0.15, 0.2) is 42.6 Å². The molecule has 0 unspecified atom stereocenters. The van der Waals surface area contributed by atoms with Crippen LogP contribution in [0.4, 0.5) is 5.69 Å². The molecule has 3 aromatic rings. The van der Waals surface area contributed by atoms with Gasteiger partial charge in [0.2, 0.25) is 0 Å². The molecular weight excluding hydrogens is 516 g/mol. The van der Waals surface area contributed by atoms with Crippen LogP contribution in [0.1, 0.15) is 26.4 Å². The van der Waals surface area contributed by atoms with Crippen molar-refractivity contribution in [1.29, 1.82) is 0 Å². The number of benzene rings is 1. The Bertz CT molecular complexity index is 1080. The van der Waals surface area contributed by atoms with Crippen molar-refractivity contribution in [3.8, 4) is 5.82 Å². The highest BCUT2D eigenvalue weighted by molar-refractivity contribution is 14.1. The number of hydrogen-bond donors (Lipinski definition) is 3. The Morgan fingerprint density at radius 2 is 1.93 bits per heavy atom. The normalized spacial score (nSPS) is 10.6. The zero-order chi connectivity index (χ0) is 20.4. The predicted octanol–water partition coefficient (Wildman–Crippen LogP) is 3.95. The molecule has 144 valence electrons. The summed E-state index contributed by atoms with van der Waals surface area (Å²) in [6, 6.07) is 9.89. The molecule has 0 spiro atoms. The molecule has 28 heavy (non-hydrogen) atoms. The summed E-state index contributed by atoms with van der Waals surface area (Å²) in [6.45, 7) is 1.73. The Kier molecular flexibility index (Phi) is 6.23. The van der Waals surface area contributed by atoms with Gasteiger partial charge in [-0.1, -0.05) is 23.2 Å². The molecule has 0 atom stereocenters. The third kappa shape index (κ3) is 4.00. The molecule has 2 heterocycles. The first-order valence-electron chi connectivity index (χ1n) is 7.94. The Labute approximate surface area is 184 Å². The van der Waals surface area contributed by atoms with Gasteiger partial charge in [0.25, 0.3) is 11.8 Å². The van der Waals surface area contributed by atoms with E-state index in [0.29, 0.717) is 32.8 Å². The molecule has 0 saturated heterocycles.